The van der Waals surface area contributed by atoms with Crippen LogP contribution in [0.25, 0.3) is 5.95 Å². The summed E-state index contributed by atoms with van der Waals surface area (Å²) in [5.74, 6) is -0.183. The molecule has 2 heterocycles. The number of nitrogens with zero attached hydrogens (tertiary/aromatic N) is 5. The van der Waals surface area contributed by atoms with Gasteiger partial charge in [-0.25, -0.2) is 9.37 Å². The van der Waals surface area contributed by atoms with Crippen molar-refractivity contribution >= 4 is 23.2 Å². The van der Waals surface area contributed by atoms with E-state index in [0.717, 1.165) is 6.07 Å². The fraction of sp³-hybridized carbons (Fsp3) is 0. The molecule has 9 heteroatoms. The molecule has 3 aromatic rings. The molecule has 6 nitrogen and oxygen atoms in total. The maximum absolute atomic E-state index is 13.4. The van der Waals surface area contributed by atoms with Crippen LogP contribution in [0.4, 0.5) is 4.39 Å². The third kappa shape index (κ3) is 3.09. The molecule has 0 unspecified atom stereocenters. The second kappa shape index (κ2) is 5.63. The van der Waals surface area contributed by atoms with Crippen molar-refractivity contribution in [3.8, 4) is 17.7 Å². The molecule has 0 amide bonds. The Labute approximate surface area is 128 Å². The first-order valence-electron chi connectivity index (χ1n) is 5.64. The number of benzene rings is 1. The first kappa shape index (κ1) is 13.7. The van der Waals surface area contributed by atoms with Crippen LogP contribution in [-0.2, 0) is 0 Å². The summed E-state index contributed by atoms with van der Waals surface area (Å²) < 4.78 is 20.2. The van der Waals surface area contributed by atoms with Crippen molar-refractivity contribution < 1.29 is 9.13 Å². The topological polar surface area (TPSA) is 65.7 Å². The zero-order chi connectivity index (χ0) is 14.8. The van der Waals surface area contributed by atoms with E-state index in [1.54, 1.807) is 12.4 Å². The van der Waals surface area contributed by atoms with Gasteiger partial charge in [-0.15, -0.1) is 0 Å². The lowest BCUT2D eigenvalue weighted by atomic mass is 10.3. The Kier molecular flexibility index (Phi) is 3.68. The molecular weight excluding hydrogens is 320 g/mol. The molecule has 0 aliphatic carbocycles. The van der Waals surface area contributed by atoms with Gasteiger partial charge in [0.1, 0.15) is 17.9 Å². The van der Waals surface area contributed by atoms with Crippen LogP contribution in [-0.4, -0.2) is 24.5 Å². The van der Waals surface area contributed by atoms with Gasteiger partial charge in [-0.1, -0.05) is 11.6 Å². The first-order chi connectivity index (χ1) is 10.1. The smallest absolute Gasteiger partial charge is 0.328 e. The van der Waals surface area contributed by atoms with E-state index in [-0.39, 0.29) is 28.0 Å². The average Bonchev–Trinajstić information content (AvgIpc) is 2.96. The third-order valence-corrected chi connectivity index (χ3v) is 2.89. The first-order valence-corrected chi connectivity index (χ1v) is 6.40. The standard InChI is InChI=1S/C12H6Cl2FN5O/c13-8-2-1-7(5-9(8)15)21-12-18-10(14)17-11(19-12)20-4-3-16-6-20/h1-6H. The number of halogens is 3. The Morgan fingerprint density at radius 2 is 2.00 bits per heavy atom. The van der Waals surface area contributed by atoms with Crippen LogP contribution in [0.1, 0.15) is 0 Å². The number of rotatable bonds is 3. The lowest BCUT2D eigenvalue weighted by Gasteiger charge is -2.06. The van der Waals surface area contributed by atoms with Crippen molar-refractivity contribution in [2.75, 3.05) is 0 Å². The second-order valence-corrected chi connectivity index (χ2v) is 4.58. The highest BCUT2D eigenvalue weighted by Crippen LogP contribution is 2.24. The molecule has 3 rings (SSSR count). The maximum Gasteiger partial charge on any atom is 0.328 e. The number of aromatic nitrogens is 5. The van der Waals surface area contributed by atoms with Gasteiger partial charge >= 0.3 is 6.01 Å². The summed E-state index contributed by atoms with van der Waals surface area (Å²) in [6, 6.07) is 3.91. The molecule has 0 N–H and O–H groups in total. The minimum absolute atomic E-state index is 0.00451. The van der Waals surface area contributed by atoms with Crippen molar-refractivity contribution in [2.45, 2.75) is 0 Å². The quantitative estimate of drug-likeness (QED) is 0.739. The van der Waals surface area contributed by atoms with Crippen molar-refractivity contribution in [1.82, 2.24) is 24.5 Å². The summed E-state index contributed by atoms with van der Waals surface area (Å²) in [6.07, 6.45) is 4.70. The predicted octanol–water partition coefficient (Wildman–Crippen LogP) is 3.30. The number of hydrogen-bond acceptors (Lipinski definition) is 5. The molecule has 106 valence electrons. The largest absolute Gasteiger partial charge is 0.424 e. The van der Waals surface area contributed by atoms with Gasteiger partial charge in [0.15, 0.2) is 0 Å². The number of imidazole rings is 1. The molecule has 21 heavy (non-hydrogen) atoms. The second-order valence-electron chi connectivity index (χ2n) is 3.83. The van der Waals surface area contributed by atoms with Crippen LogP contribution in [0.5, 0.6) is 11.8 Å². The van der Waals surface area contributed by atoms with E-state index >= 15 is 0 Å². The lowest BCUT2D eigenvalue weighted by Crippen LogP contribution is -2.03. The lowest BCUT2D eigenvalue weighted by molar-refractivity contribution is 0.434. The maximum atomic E-state index is 13.4. The van der Waals surface area contributed by atoms with Gasteiger partial charge in [0.2, 0.25) is 11.2 Å². The van der Waals surface area contributed by atoms with Crippen LogP contribution in [0.2, 0.25) is 10.3 Å². The van der Waals surface area contributed by atoms with Crippen molar-refractivity contribution in [3.05, 3.63) is 53.0 Å². The summed E-state index contributed by atoms with van der Waals surface area (Å²) >= 11 is 11.4. The van der Waals surface area contributed by atoms with E-state index in [2.05, 4.69) is 19.9 Å². The number of hydrogen-bond donors (Lipinski definition) is 0. The zero-order valence-corrected chi connectivity index (χ0v) is 11.8. The van der Waals surface area contributed by atoms with Gasteiger partial charge in [-0.05, 0) is 23.7 Å². The molecule has 0 aliphatic rings. The van der Waals surface area contributed by atoms with Gasteiger partial charge < -0.3 is 4.74 Å². The predicted molar refractivity (Wildman–Crippen MR) is 73.4 cm³/mol. The minimum Gasteiger partial charge on any atom is -0.424 e. The molecule has 0 saturated carbocycles. The molecule has 0 fully saturated rings. The van der Waals surface area contributed by atoms with Crippen molar-refractivity contribution in [2.24, 2.45) is 0 Å². The Morgan fingerprint density at radius 3 is 2.71 bits per heavy atom. The van der Waals surface area contributed by atoms with E-state index in [4.69, 9.17) is 27.9 Å². The zero-order valence-electron chi connectivity index (χ0n) is 10.2. The summed E-state index contributed by atoms with van der Waals surface area (Å²) in [5, 5.41) is -0.0618. The van der Waals surface area contributed by atoms with E-state index < -0.39 is 5.82 Å². The van der Waals surface area contributed by atoms with E-state index in [0.29, 0.717) is 0 Å². The normalized spacial score (nSPS) is 10.6. The Bertz CT molecular complexity index is 781. The monoisotopic (exact) mass is 325 g/mol. The van der Waals surface area contributed by atoms with E-state index in [9.17, 15) is 4.39 Å². The minimum atomic E-state index is -0.607. The van der Waals surface area contributed by atoms with E-state index in [1.807, 2.05) is 0 Å². The summed E-state index contributed by atoms with van der Waals surface area (Å²) in [5.41, 5.74) is 0. The van der Waals surface area contributed by atoms with Crippen molar-refractivity contribution in [3.63, 3.8) is 0 Å². The molecule has 0 bridgehead atoms. The highest BCUT2D eigenvalue weighted by atomic mass is 35.5. The molecule has 0 spiro atoms. The van der Waals surface area contributed by atoms with Crippen LogP contribution in [0.3, 0.4) is 0 Å². The summed E-state index contributed by atoms with van der Waals surface area (Å²) in [7, 11) is 0. The molecule has 0 saturated heterocycles. The van der Waals surface area contributed by atoms with Crippen LogP contribution in [0, 0.1) is 5.82 Å². The summed E-state index contributed by atoms with van der Waals surface area (Å²) in [4.78, 5) is 15.7. The molecule has 0 aliphatic heterocycles. The molecule has 0 atom stereocenters. The number of ether oxygens (including phenoxy) is 1. The molecule has 2 aromatic heterocycles. The third-order valence-electron chi connectivity index (χ3n) is 2.41. The SMILES string of the molecule is Fc1cc(Oc2nc(Cl)nc(-n3ccnc3)n2)ccc1Cl. The highest BCUT2D eigenvalue weighted by Gasteiger charge is 2.10. The van der Waals surface area contributed by atoms with Crippen LogP contribution < -0.4 is 4.74 Å². The Morgan fingerprint density at radius 1 is 1.14 bits per heavy atom. The van der Waals surface area contributed by atoms with Gasteiger partial charge in [0, 0.05) is 18.5 Å². The van der Waals surface area contributed by atoms with Crippen molar-refractivity contribution in [1.29, 1.82) is 0 Å². The summed E-state index contributed by atoms with van der Waals surface area (Å²) in [6.45, 7) is 0. The Hall–Kier alpha value is -2.25. The van der Waals surface area contributed by atoms with Gasteiger partial charge in [0.05, 0.1) is 5.02 Å². The molecular formula is C12H6Cl2FN5O. The van der Waals surface area contributed by atoms with Crippen LogP contribution >= 0.6 is 23.2 Å². The molecule has 1 aromatic carbocycles. The highest BCUT2D eigenvalue weighted by molar-refractivity contribution is 6.30. The van der Waals surface area contributed by atoms with Gasteiger partial charge in [-0.3, -0.25) is 4.57 Å². The Balaban J connectivity index is 1.93. The van der Waals surface area contributed by atoms with E-state index in [1.165, 1.54) is 23.0 Å². The average molecular weight is 326 g/mol. The van der Waals surface area contributed by atoms with Gasteiger partial charge in [0.25, 0.3) is 0 Å². The van der Waals surface area contributed by atoms with Crippen LogP contribution in [0.15, 0.2) is 36.9 Å². The van der Waals surface area contributed by atoms with Gasteiger partial charge in [-0.2, -0.15) is 15.0 Å². The molecule has 0 radical (unpaired) electrons. The fourth-order valence-electron chi connectivity index (χ4n) is 1.51. The fourth-order valence-corrected chi connectivity index (χ4v) is 1.77.